The van der Waals surface area contributed by atoms with E-state index in [1.165, 1.54) is 6.42 Å². The molecule has 1 saturated heterocycles. The minimum Gasteiger partial charge on any atom is -0.507 e. The van der Waals surface area contributed by atoms with E-state index in [0.29, 0.717) is 46.8 Å². The first-order valence-electron chi connectivity index (χ1n) is 10.6. The number of aromatic hydroxyl groups is 1. The Hall–Kier alpha value is -2.99. The van der Waals surface area contributed by atoms with E-state index in [9.17, 15) is 9.90 Å². The summed E-state index contributed by atoms with van der Waals surface area (Å²) in [4.78, 5) is 15.3. The first kappa shape index (κ1) is 21.2. The summed E-state index contributed by atoms with van der Waals surface area (Å²) in [7, 11) is 3.15. The van der Waals surface area contributed by atoms with Crippen LogP contribution in [0.2, 0.25) is 0 Å². The SMILES string of the molecule is COc1ccc(C=C2Oc3c(ccc(O)c3CN3C[C@@H](C)C[C@H](C)C3)C2=O)cc1OC. The third kappa shape index (κ3) is 4.26. The molecule has 1 N–H and O–H groups in total. The number of ketones is 1. The molecule has 2 heterocycles. The van der Waals surface area contributed by atoms with E-state index in [0.717, 1.165) is 18.7 Å². The van der Waals surface area contributed by atoms with Crippen molar-refractivity contribution in [1.29, 1.82) is 0 Å². The standard InChI is InChI=1S/C25H29NO5/c1-15-9-16(2)13-26(12-15)14-19-20(27)7-6-18-24(28)23(31-25(18)19)11-17-5-8-21(29-3)22(10-17)30-4/h5-8,10-11,15-16,27H,9,12-14H2,1-4H3/t15-,16-/m0/s1. The Balaban J connectivity index is 1.63. The molecular weight excluding hydrogens is 394 g/mol. The molecule has 0 aromatic heterocycles. The highest BCUT2D eigenvalue weighted by Gasteiger charge is 2.32. The number of hydrogen-bond acceptors (Lipinski definition) is 6. The van der Waals surface area contributed by atoms with Crippen LogP contribution in [-0.4, -0.2) is 43.1 Å². The van der Waals surface area contributed by atoms with Crippen molar-refractivity contribution < 1.29 is 24.1 Å². The Bertz CT molecular complexity index is 1020. The highest BCUT2D eigenvalue weighted by atomic mass is 16.5. The quantitative estimate of drug-likeness (QED) is 0.714. The molecule has 6 nitrogen and oxygen atoms in total. The molecule has 1 fully saturated rings. The predicted octanol–water partition coefficient (Wildman–Crippen LogP) is 4.50. The maximum Gasteiger partial charge on any atom is 0.231 e. The number of rotatable bonds is 5. The van der Waals surface area contributed by atoms with E-state index in [1.54, 1.807) is 44.6 Å². The Morgan fingerprint density at radius 2 is 1.81 bits per heavy atom. The zero-order valence-corrected chi connectivity index (χ0v) is 18.5. The molecule has 2 aromatic rings. The molecule has 0 radical (unpaired) electrons. The molecular formula is C25H29NO5. The van der Waals surface area contributed by atoms with Gasteiger partial charge in [0.25, 0.3) is 0 Å². The fourth-order valence-corrected chi connectivity index (χ4v) is 4.69. The van der Waals surface area contributed by atoms with Gasteiger partial charge in [-0.15, -0.1) is 0 Å². The lowest BCUT2D eigenvalue weighted by Gasteiger charge is -2.35. The van der Waals surface area contributed by atoms with E-state index < -0.39 is 0 Å². The number of carbonyl (C=O) groups excluding carboxylic acids is 1. The molecule has 2 aromatic carbocycles. The van der Waals surface area contributed by atoms with Crippen LogP contribution in [0.15, 0.2) is 36.1 Å². The van der Waals surface area contributed by atoms with Gasteiger partial charge in [0.05, 0.1) is 25.3 Å². The molecule has 6 heteroatoms. The third-order valence-electron chi connectivity index (χ3n) is 5.95. The highest BCUT2D eigenvalue weighted by Crippen LogP contribution is 2.41. The Morgan fingerprint density at radius 1 is 1.10 bits per heavy atom. The molecule has 0 spiro atoms. The molecule has 164 valence electrons. The minimum atomic E-state index is -0.189. The average molecular weight is 424 g/mol. The van der Waals surface area contributed by atoms with Crippen LogP contribution in [0.25, 0.3) is 6.08 Å². The van der Waals surface area contributed by atoms with Crippen molar-refractivity contribution in [3.05, 3.63) is 52.8 Å². The zero-order chi connectivity index (χ0) is 22.1. The monoisotopic (exact) mass is 423 g/mol. The normalized spacial score (nSPS) is 22.3. The summed E-state index contributed by atoms with van der Waals surface area (Å²) < 4.78 is 16.6. The molecule has 2 aliphatic rings. The van der Waals surface area contributed by atoms with Gasteiger partial charge in [-0.2, -0.15) is 0 Å². The number of nitrogens with zero attached hydrogens (tertiary/aromatic N) is 1. The number of hydrogen-bond donors (Lipinski definition) is 1. The molecule has 0 saturated carbocycles. The van der Waals surface area contributed by atoms with Gasteiger partial charge in [0.15, 0.2) is 17.3 Å². The molecule has 0 bridgehead atoms. The van der Waals surface area contributed by atoms with Gasteiger partial charge in [-0.25, -0.2) is 0 Å². The van der Waals surface area contributed by atoms with Crippen LogP contribution in [0.1, 0.15) is 41.8 Å². The average Bonchev–Trinajstić information content (AvgIpc) is 3.05. The van der Waals surface area contributed by atoms with Gasteiger partial charge >= 0.3 is 0 Å². The molecule has 31 heavy (non-hydrogen) atoms. The number of phenolic OH excluding ortho intramolecular Hbond substituents is 1. The van der Waals surface area contributed by atoms with Crippen molar-refractivity contribution in [2.24, 2.45) is 11.8 Å². The van der Waals surface area contributed by atoms with Gasteiger partial charge in [-0.3, -0.25) is 9.69 Å². The lowest BCUT2D eigenvalue weighted by atomic mass is 9.91. The first-order chi connectivity index (χ1) is 14.9. The van der Waals surface area contributed by atoms with Crippen LogP contribution in [0.4, 0.5) is 0 Å². The van der Waals surface area contributed by atoms with E-state index in [-0.39, 0.29) is 17.3 Å². The summed E-state index contributed by atoms with van der Waals surface area (Å²) in [5, 5.41) is 10.6. The Morgan fingerprint density at radius 3 is 2.48 bits per heavy atom. The van der Waals surface area contributed by atoms with Crippen molar-refractivity contribution in [2.45, 2.75) is 26.8 Å². The van der Waals surface area contributed by atoms with Crippen LogP contribution >= 0.6 is 0 Å². The zero-order valence-electron chi connectivity index (χ0n) is 18.5. The molecule has 0 aliphatic carbocycles. The summed E-state index contributed by atoms with van der Waals surface area (Å²) in [6.07, 6.45) is 2.90. The largest absolute Gasteiger partial charge is 0.507 e. The molecule has 4 rings (SSSR count). The van der Waals surface area contributed by atoms with Crippen LogP contribution in [0, 0.1) is 11.8 Å². The molecule has 2 aliphatic heterocycles. The van der Waals surface area contributed by atoms with Crippen molar-refractivity contribution >= 4 is 11.9 Å². The van der Waals surface area contributed by atoms with E-state index in [4.69, 9.17) is 14.2 Å². The number of methoxy groups -OCH3 is 2. The maximum absolute atomic E-state index is 13.0. The number of ether oxygens (including phenoxy) is 3. The van der Waals surface area contributed by atoms with Crippen LogP contribution < -0.4 is 14.2 Å². The number of benzene rings is 2. The highest BCUT2D eigenvalue weighted by molar-refractivity contribution is 6.15. The topological polar surface area (TPSA) is 68.2 Å². The van der Waals surface area contributed by atoms with Crippen LogP contribution in [-0.2, 0) is 6.54 Å². The lowest BCUT2D eigenvalue weighted by Crippen LogP contribution is -2.38. The van der Waals surface area contributed by atoms with Gasteiger partial charge in [0.2, 0.25) is 5.78 Å². The van der Waals surface area contributed by atoms with Gasteiger partial charge in [0, 0.05) is 19.6 Å². The van der Waals surface area contributed by atoms with Crippen molar-refractivity contribution in [1.82, 2.24) is 4.90 Å². The van der Waals surface area contributed by atoms with Crippen molar-refractivity contribution in [2.75, 3.05) is 27.3 Å². The second-order valence-electron chi connectivity index (χ2n) is 8.63. The van der Waals surface area contributed by atoms with Gasteiger partial charge < -0.3 is 19.3 Å². The summed E-state index contributed by atoms with van der Waals surface area (Å²) >= 11 is 0. The first-order valence-corrected chi connectivity index (χ1v) is 10.6. The van der Waals surface area contributed by atoms with Crippen LogP contribution in [0.5, 0.6) is 23.0 Å². The number of allylic oxidation sites excluding steroid dienone is 1. The third-order valence-corrected chi connectivity index (χ3v) is 5.95. The summed E-state index contributed by atoms with van der Waals surface area (Å²) in [5.74, 6) is 3.06. The smallest absolute Gasteiger partial charge is 0.231 e. The van der Waals surface area contributed by atoms with Gasteiger partial charge in [-0.1, -0.05) is 19.9 Å². The van der Waals surface area contributed by atoms with E-state index in [2.05, 4.69) is 18.7 Å². The number of Topliss-reactive ketones (excluding diaryl/α,β-unsaturated/α-hetero) is 1. The Kier molecular flexibility index (Phi) is 5.92. The second-order valence-corrected chi connectivity index (χ2v) is 8.63. The number of fused-ring (bicyclic) bond motifs is 1. The van der Waals surface area contributed by atoms with E-state index in [1.807, 2.05) is 6.07 Å². The van der Waals surface area contributed by atoms with Gasteiger partial charge in [0.1, 0.15) is 11.5 Å². The predicted molar refractivity (Wildman–Crippen MR) is 119 cm³/mol. The maximum atomic E-state index is 13.0. The number of likely N-dealkylation sites (tertiary alicyclic amines) is 1. The van der Waals surface area contributed by atoms with Crippen LogP contribution in [0.3, 0.4) is 0 Å². The fourth-order valence-electron chi connectivity index (χ4n) is 4.69. The molecule has 2 atom stereocenters. The summed E-state index contributed by atoms with van der Waals surface area (Å²) in [5.41, 5.74) is 1.92. The molecule has 0 unspecified atom stereocenters. The number of carbonyl (C=O) groups is 1. The van der Waals surface area contributed by atoms with Crippen molar-refractivity contribution in [3.63, 3.8) is 0 Å². The second kappa shape index (κ2) is 8.63. The lowest BCUT2D eigenvalue weighted by molar-refractivity contribution is 0.101. The summed E-state index contributed by atoms with van der Waals surface area (Å²) in [6.45, 7) is 7.00. The Labute approximate surface area is 183 Å². The number of phenols is 1. The summed E-state index contributed by atoms with van der Waals surface area (Å²) in [6, 6.07) is 8.63. The van der Waals surface area contributed by atoms with Gasteiger partial charge in [-0.05, 0) is 54.2 Å². The molecule has 0 amide bonds. The van der Waals surface area contributed by atoms with Crippen molar-refractivity contribution in [3.8, 4) is 23.0 Å². The fraction of sp³-hybridized carbons (Fsp3) is 0.400. The minimum absolute atomic E-state index is 0.157. The van der Waals surface area contributed by atoms with E-state index >= 15 is 0 Å². The number of piperidine rings is 1.